The largest absolute Gasteiger partial charge is 0.393 e. The summed E-state index contributed by atoms with van der Waals surface area (Å²) in [6.45, 7) is 8.23. The highest BCUT2D eigenvalue weighted by Gasteiger charge is 2.14. The van der Waals surface area contributed by atoms with Crippen molar-refractivity contribution in [1.29, 1.82) is 0 Å². The van der Waals surface area contributed by atoms with Gasteiger partial charge in [-0.15, -0.1) is 11.3 Å². The van der Waals surface area contributed by atoms with Gasteiger partial charge in [0.15, 0.2) is 5.78 Å². The van der Waals surface area contributed by atoms with Gasteiger partial charge in [0.25, 0.3) is 0 Å². The van der Waals surface area contributed by atoms with Crippen LogP contribution < -0.4 is 5.32 Å². The molecule has 0 aliphatic rings. The Labute approximate surface area is 130 Å². The summed E-state index contributed by atoms with van der Waals surface area (Å²) in [5, 5.41) is 12.4. The van der Waals surface area contributed by atoms with E-state index >= 15 is 0 Å². The zero-order valence-electron chi connectivity index (χ0n) is 13.2. The molecule has 1 unspecified atom stereocenters. The molecule has 118 valence electrons. The molecule has 1 rings (SSSR count). The van der Waals surface area contributed by atoms with Crippen molar-refractivity contribution in [3.8, 4) is 0 Å². The molecule has 0 fully saturated rings. The van der Waals surface area contributed by atoms with Crippen LogP contribution in [-0.2, 0) is 4.79 Å². The molecule has 1 atom stereocenters. The molecule has 1 aromatic rings. The molecule has 1 heterocycles. The van der Waals surface area contributed by atoms with Crippen LogP contribution in [0.25, 0.3) is 0 Å². The molecule has 0 radical (unpaired) electrons. The number of nitrogens with one attached hydrogen (secondary N) is 1. The van der Waals surface area contributed by atoms with E-state index < -0.39 is 6.10 Å². The molecule has 0 aromatic carbocycles. The van der Waals surface area contributed by atoms with Crippen LogP contribution in [0.5, 0.6) is 0 Å². The molecule has 2 N–H and O–H groups in total. The Morgan fingerprint density at radius 3 is 2.48 bits per heavy atom. The monoisotopic (exact) mass is 311 g/mol. The van der Waals surface area contributed by atoms with Crippen molar-refractivity contribution in [2.24, 2.45) is 5.92 Å². The average molecular weight is 311 g/mol. The number of hydrogen-bond acceptors (Lipinski definition) is 4. The quantitative estimate of drug-likeness (QED) is 0.726. The lowest BCUT2D eigenvalue weighted by Crippen LogP contribution is -2.28. The Balaban J connectivity index is 2.30. The van der Waals surface area contributed by atoms with Gasteiger partial charge in [0.05, 0.1) is 6.10 Å². The van der Waals surface area contributed by atoms with Crippen LogP contribution in [0.15, 0.2) is 6.07 Å². The lowest BCUT2D eigenvalue weighted by atomic mass is 10.0. The first-order valence-corrected chi connectivity index (χ1v) is 8.18. The molecule has 5 heteroatoms. The van der Waals surface area contributed by atoms with Gasteiger partial charge in [-0.3, -0.25) is 9.59 Å². The summed E-state index contributed by atoms with van der Waals surface area (Å²) in [6.07, 6.45) is 0.573. The second-order valence-corrected chi connectivity index (χ2v) is 7.16. The Morgan fingerprint density at radius 2 is 1.95 bits per heavy atom. The molecule has 0 bridgehead atoms. The number of ketones is 1. The summed E-state index contributed by atoms with van der Waals surface area (Å²) in [6, 6.07) is 1.89. The average Bonchev–Trinajstić information content (AvgIpc) is 2.74. The van der Waals surface area contributed by atoms with Gasteiger partial charge in [-0.1, -0.05) is 13.8 Å². The number of aliphatic hydroxyl groups excluding tert-OH is 1. The molecular weight excluding hydrogens is 286 g/mol. The van der Waals surface area contributed by atoms with Gasteiger partial charge >= 0.3 is 0 Å². The van der Waals surface area contributed by atoms with E-state index in [9.17, 15) is 14.7 Å². The third kappa shape index (κ3) is 5.98. The lowest BCUT2D eigenvalue weighted by molar-refractivity contribution is -0.121. The maximum Gasteiger partial charge on any atom is 0.220 e. The molecule has 0 aliphatic carbocycles. The minimum Gasteiger partial charge on any atom is -0.393 e. The number of carbonyl (C=O) groups excluding carboxylic acids is 2. The van der Waals surface area contributed by atoms with Crippen LogP contribution >= 0.6 is 11.3 Å². The van der Waals surface area contributed by atoms with Gasteiger partial charge in [0.2, 0.25) is 5.91 Å². The van der Waals surface area contributed by atoms with E-state index in [1.807, 2.05) is 33.8 Å². The third-order valence-electron chi connectivity index (χ3n) is 3.45. The number of aryl methyl sites for hydroxylation is 2. The van der Waals surface area contributed by atoms with Crippen molar-refractivity contribution in [2.75, 3.05) is 6.54 Å². The highest BCUT2D eigenvalue weighted by Crippen LogP contribution is 2.22. The number of amides is 1. The van der Waals surface area contributed by atoms with Gasteiger partial charge in [0.1, 0.15) is 0 Å². The van der Waals surface area contributed by atoms with E-state index in [1.165, 1.54) is 0 Å². The van der Waals surface area contributed by atoms with Gasteiger partial charge in [-0.25, -0.2) is 0 Å². The maximum absolute atomic E-state index is 12.0. The van der Waals surface area contributed by atoms with Crippen molar-refractivity contribution in [2.45, 2.75) is 53.1 Å². The smallest absolute Gasteiger partial charge is 0.220 e. The van der Waals surface area contributed by atoms with Gasteiger partial charge < -0.3 is 10.4 Å². The van der Waals surface area contributed by atoms with E-state index in [4.69, 9.17) is 0 Å². The fourth-order valence-electron chi connectivity index (χ4n) is 2.05. The molecule has 0 spiro atoms. The third-order valence-corrected chi connectivity index (χ3v) is 4.42. The van der Waals surface area contributed by atoms with Crippen LogP contribution in [0.3, 0.4) is 0 Å². The predicted molar refractivity (Wildman–Crippen MR) is 85.8 cm³/mol. The molecule has 1 aromatic heterocycles. The summed E-state index contributed by atoms with van der Waals surface area (Å²) >= 11 is 1.60. The highest BCUT2D eigenvalue weighted by molar-refractivity contribution is 7.12. The van der Waals surface area contributed by atoms with E-state index in [0.29, 0.717) is 13.0 Å². The van der Waals surface area contributed by atoms with E-state index in [0.717, 1.165) is 15.3 Å². The molecule has 1 amide bonds. The topological polar surface area (TPSA) is 66.4 Å². The Morgan fingerprint density at radius 1 is 1.29 bits per heavy atom. The van der Waals surface area contributed by atoms with Crippen LogP contribution in [0.4, 0.5) is 0 Å². The number of thiophene rings is 1. The van der Waals surface area contributed by atoms with Crippen molar-refractivity contribution in [1.82, 2.24) is 5.32 Å². The normalized spacial score (nSPS) is 12.5. The number of rotatable bonds is 8. The second-order valence-electron chi connectivity index (χ2n) is 5.70. The standard InChI is InChI=1S/C16H25NO3S/c1-10(2)14(18)7-8-17-16(20)6-5-15(19)13-9-11(3)21-12(13)4/h9-10,14,18H,5-8H2,1-4H3,(H,17,20). The highest BCUT2D eigenvalue weighted by atomic mass is 32.1. The lowest BCUT2D eigenvalue weighted by Gasteiger charge is -2.14. The van der Waals surface area contributed by atoms with Gasteiger partial charge in [0, 0.05) is 34.7 Å². The van der Waals surface area contributed by atoms with Gasteiger partial charge in [-0.05, 0) is 32.3 Å². The minimum atomic E-state index is -0.400. The molecule has 4 nitrogen and oxygen atoms in total. The summed E-state index contributed by atoms with van der Waals surface area (Å²) in [7, 11) is 0. The second kappa shape index (κ2) is 8.29. The molecule has 21 heavy (non-hydrogen) atoms. The summed E-state index contributed by atoms with van der Waals surface area (Å²) in [5.41, 5.74) is 0.737. The van der Waals surface area contributed by atoms with Crippen LogP contribution in [0, 0.1) is 19.8 Å². The summed E-state index contributed by atoms with van der Waals surface area (Å²) in [5.74, 6) is 0.0754. The van der Waals surface area contributed by atoms with Crippen molar-refractivity contribution >= 4 is 23.0 Å². The van der Waals surface area contributed by atoms with E-state index in [-0.39, 0.29) is 30.4 Å². The molecule has 0 aliphatic heterocycles. The molecule has 0 saturated carbocycles. The van der Waals surface area contributed by atoms with E-state index in [2.05, 4.69) is 5.32 Å². The Hall–Kier alpha value is -1.20. The number of aliphatic hydroxyl groups is 1. The SMILES string of the molecule is Cc1cc(C(=O)CCC(=O)NCCC(O)C(C)C)c(C)s1. The summed E-state index contributed by atoms with van der Waals surface area (Å²) in [4.78, 5) is 25.8. The van der Waals surface area contributed by atoms with Crippen LogP contribution in [0.1, 0.15) is 53.2 Å². The van der Waals surface area contributed by atoms with Crippen LogP contribution in [-0.4, -0.2) is 29.4 Å². The molecule has 0 saturated heterocycles. The predicted octanol–water partition coefficient (Wildman–Crippen LogP) is 2.85. The Kier molecular flexibility index (Phi) is 7.05. The minimum absolute atomic E-state index is 0.0224. The fraction of sp³-hybridized carbons (Fsp3) is 0.625. The zero-order valence-corrected chi connectivity index (χ0v) is 14.0. The number of Topliss-reactive ketones (excluding diaryl/α,β-unsaturated/α-hetero) is 1. The van der Waals surface area contributed by atoms with Crippen molar-refractivity contribution in [3.05, 3.63) is 21.4 Å². The van der Waals surface area contributed by atoms with E-state index in [1.54, 1.807) is 11.3 Å². The fourth-order valence-corrected chi connectivity index (χ4v) is 2.99. The first kappa shape index (κ1) is 17.9. The Bertz CT molecular complexity index is 494. The number of carbonyl (C=O) groups is 2. The van der Waals surface area contributed by atoms with Crippen LogP contribution in [0.2, 0.25) is 0 Å². The first-order valence-electron chi connectivity index (χ1n) is 7.36. The van der Waals surface area contributed by atoms with Gasteiger partial charge in [-0.2, -0.15) is 0 Å². The first-order chi connectivity index (χ1) is 9.81. The zero-order chi connectivity index (χ0) is 16.0. The van der Waals surface area contributed by atoms with Crippen molar-refractivity contribution < 1.29 is 14.7 Å². The summed E-state index contributed by atoms with van der Waals surface area (Å²) < 4.78 is 0. The van der Waals surface area contributed by atoms with Crippen molar-refractivity contribution in [3.63, 3.8) is 0 Å². The molecular formula is C16H25NO3S. The number of hydrogen-bond donors (Lipinski definition) is 2. The maximum atomic E-state index is 12.0.